The lowest BCUT2D eigenvalue weighted by Gasteiger charge is -2.10. The van der Waals surface area contributed by atoms with Crippen LogP contribution in [0, 0.1) is 6.92 Å². The Kier molecular flexibility index (Phi) is 4.51. The third kappa shape index (κ3) is 3.81. The molecule has 0 aliphatic rings. The van der Waals surface area contributed by atoms with E-state index in [4.69, 9.17) is 4.74 Å². The van der Waals surface area contributed by atoms with Gasteiger partial charge in [0.2, 0.25) is 0 Å². The van der Waals surface area contributed by atoms with Crippen LogP contribution in [0.4, 0.5) is 0 Å². The smallest absolute Gasteiger partial charge is 0.142 e. The van der Waals surface area contributed by atoms with Gasteiger partial charge >= 0.3 is 0 Å². The summed E-state index contributed by atoms with van der Waals surface area (Å²) >= 11 is 0. The molecule has 0 N–H and O–H groups in total. The molecule has 2 aromatic carbocycles. The zero-order valence-electron chi connectivity index (χ0n) is 10.9. The van der Waals surface area contributed by atoms with Crippen molar-refractivity contribution in [3.8, 4) is 5.75 Å². The summed E-state index contributed by atoms with van der Waals surface area (Å²) in [6.45, 7) is 2.54. The van der Waals surface area contributed by atoms with Gasteiger partial charge in [-0.1, -0.05) is 42.5 Å². The fraction of sp³-hybridized carbons (Fsp3) is 0.118. The van der Waals surface area contributed by atoms with Gasteiger partial charge in [-0.25, -0.2) is 0 Å². The van der Waals surface area contributed by atoms with Crippen LogP contribution in [-0.2, 0) is 11.4 Å². The summed E-state index contributed by atoms with van der Waals surface area (Å²) in [5.74, 6) is 0.793. The van der Waals surface area contributed by atoms with E-state index in [2.05, 4.69) is 0 Å². The first-order valence-electron chi connectivity index (χ1n) is 6.19. The Balaban J connectivity index is 2.16. The second-order valence-electron chi connectivity index (χ2n) is 4.31. The van der Waals surface area contributed by atoms with E-state index in [1.807, 2.05) is 55.5 Å². The highest BCUT2D eigenvalue weighted by Crippen LogP contribution is 2.22. The van der Waals surface area contributed by atoms with Crippen LogP contribution in [0.5, 0.6) is 5.75 Å². The third-order valence-corrected chi connectivity index (χ3v) is 2.76. The quantitative estimate of drug-likeness (QED) is 0.598. The van der Waals surface area contributed by atoms with E-state index >= 15 is 0 Å². The summed E-state index contributed by atoms with van der Waals surface area (Å²) in [4.78, 5) is 10.4. The van der Waals surface area contributed by atoms with Crippen molar-refractivity contribution >= 4 is 12.4 Å². The number of benzene rings is 2. The van der Waals surface area contributed by atoms with Gasteiger partial charge in [0.05, 0.1) is 0 Å². The number of hydrogen-bond donors (Lipinski definition) is 0. The lowest BCUT2D eigenvalue weighted by Crippen LogP contribution is -1.97. The van der Waals surface area contributed by atoms with Gasteiger partial charge in [-0.05, 0) is 36.3 Å². The zero-order chi connectivity index (χ0) is 13.5. The van der Waals surface area contributed by atoms with Crippen molar-refractivity contribution in [2.45, 2.75) is 13.5 Å². The van der Waals surface area contributed by atoms with E-state index in [9.17, 15) is 4.79 Å². The van der Waals surface area contributed by atoms with Crippen LogP contribution in [0.25, 0.3) is 6.08 Å². The molecule has 19 heavy (non-hydrogen) atoms. The molecule has 0 atom stereocenters. The van der Waals surface area contributed by atoms with E-state index in [1.54, 1.807) is 6.08 Å². The summed E-state index contributed by atoms with van der Waals surface area (Å²) in [5.41, 5.74) is 3.16. The van der Waals surface area contributed by atoms with Gasteiger partial charge in [0.1, 0.15) is 18.6 Å². The van der Waals surface area contributed by atoms with Crippen molar-refractivity contribution in [2.75, 3.05) is 0 Å². The van der Waals surface area contributed by atoms with E-state index in [0.29, 0.717) is 6.61 Å². The second kappa shape index (κ2) is 6.55. The van der Waals surface area contributed by atoms with Crippen molar-refractivity contribution in [3.05, 3.63) is 71.3 Å². The molecule has 2 rings (SSSR count). The van der Waals surface area contributed by atoms with Crippen LogP contribution >= 0.6 is 0 Å². The molecule has 0 saturated carbocycles. The summed E-state index contributed by atoms with van der Waals surface area (Å²) in [6, 6.07) is 15.9. The minimum atomic E-state index is 0.520. The highest BCUT2D eigenvalue weighted by atomic mass is 16.5. The highest BCUT2D eigenvalue weighted by molar-refractivity contribution is 5.75. The van der Waals surface area contributed by atoms with Crippen molar-refractivity contribution in [2.24, 2.45) is 0 Å². The molecule has 0 aliphatic carbocycles. The maximum atomic E-state index is 10.4. The Morgan fingerprint density at radius 3 is 2.63 bits per heavy atom. The van der Waals surface area contributed by atoms with Gasteiger partial charge < -0.3 is 4.74 Å². The number of carbonyl (C=O) groups is 1. The Hall–Kier alpha value is -2.35. The Morgan fingerprint density at radius 2 is 1.89 bits per heavy atom. The molecular formula is C17H16O2. The number of aldehydes is 1. The molecule has 0 radical (unpaired) electrons. The Morgan fingerprint density at radius 1 is 1.11 bits per heavy atom. The molecule has 0 fully saturated rings. The molecule has 0 aromatic heterocycles. The molecule has 0 saturated heterocycles. The summed E-state index contributed by atoms with van der Waals surface area (Å²) in [7, 11) is 0. The van der Waals surface area contributed by atoms with Crippen LogP contribution < -0.4 is 4.74 Å². The topological polar surface area (TPSA) is 26.3 Å². The number of rotatable bonds is 5. The molecule has 0 amide bonds. The molecular weight excluding hydrogens is 236 g/mol. The van der Waals surface area contributed by atoms with Gasteiger partial charge in [-0.2, -0.15) is 0 Å². The monoisotopic (exact) mass is 252 g/mol. The maximum Gasteiger partial charge on any atom is 0.142 e. The van der Waals surface area contributed by atoms with E-state index in [1.165, 1.54) is 6.08 Å². The fourth-order valence-electron chi connectivity index (χ4n) is 1.78. The van der Waals surface area contributed by atoms with Gasteiger partial charge in [0.15, 0.2) is 0 Å². The molecule has 2 heteroatoms. The number of aryl methyl sites for hydroxylation is 1. The van der Waals surface area contributed by atoms with Gasteiger partial charge in [0.25, 0.3) is 0 Å². The zero-order valence-corrected chi connectivity index (χ0v) is 10.9. The summed E-state index contributed by atoms with van der Waals surface area (Å²) < 4.78 is 5.83. The van der Waals surface area contributed by atoms with Crippen LogP contribution in [0.2, 0.25) is 0 Å². The van der Waals surface area contributed by atoms with Crippen LogP contribution in [0.1, 0.15) is 16.7 Å². The minimum absolute atomic E-state index is 0.520. The predicted molar refractivity (Wildman–Crippen MR) is 77.1 cm³/mol. The first-order chi connectivity index (χ1) is 9.29. The molecule has 0 aliphatic heterocycles. The second-order valence-corrected chi connectivity index (χ2v) is 4.31. The molecule has 0 spiro atoms. The fourth-order valence-corrected chi connectivity index (χ4v) is 1.78. The van der Waals surface area contributed by atoms with E-state index < -0.39 is 0 Å². The van der Waals surface area contributed by atoms with Gasteiger partial charge in [-0.3, -0.25) is 4.79 Å². The first-order valence-corrected chi connectivity index (χ1v) is 6.19. The average molecular weight is 252 g/mol. The van der Waals surface area contributed by atoms with Crippen LogP contribution in [0.3, 0.4) is 0 Å². The Bertz CT molecular complexity index is 571. The average Bonchev–Trinajstić information content (AvgIpc) is 2.45. The third-order valence-electron chi connectivity index (χ3n) is 2.76. The highest BCUT2D eigenvalue weighted by Gasteiger charge is 2.02. The lowest BCUT2D eigenvalue weighted by atomic mass is 10.1. The SMILES string of the molecule is Cc1ccc(C=CC=O)c(OCc2ccccc2)c1. The van der Waals surface area contributed by atoms with Crippen molar-refractivity contribution in [3.63, 3.8) is 0 Å². The predicted octanol–water partition coefficient (Wildman–Crippen LogP) is 3.79. The number of allylic oxidation sites excluding steroid dienone is 1. The van der Waals surface area contributed by atoms with E-state index in [-0.39, 0.29) is 0 Å². The maximum absolute atomic E-state index is 10.4. The lowest BCUT2D eigenvalue weighted by molar-refractivity contribution is -0.104. The number of hydrogen-bond acceptors (Lipinski definition) is 2. The summed E-state index contributed by atoms with van der Waals surface area (Å²) in [5, 5.41) is 0. The molecule has 2 aromatic rings. The van der Waals surface area contributed by atoms with Crippen molar-refractivity contribution in [1.29, 1.82) is 0 Å². The summed E-state index contributed by atoms with van der Waals surface area (Å²) in [6.07, 6.45) is 3.99. The molecule has 0 bridgehead atoms. The normalized spacial score (nSPS) is 10.6. The standard InChI is InChI=1S/C17H16O2/c1-14-9-10-16(8-5-11-18)17(12-14)19-13-15-6-3-2-4-7-15/h2-12H,13H2,1H3. The van der Waals surface area contributed by atoms with Gasteiger partial charge in [0, 0.05) is 5.56 Å². The number of carbonyl (C=O) groups excluding carboxylic acids is 1. The molecule has 0 unspecified atom stereocenters. The first kappa shape index (κ1) is 13.1. The minimum Gasteiger partial charge on any atom is -0.488 e. The van der Waals surface area contributed by atoms with Crippen molar-refractivity contribution < 1.29 is 9.53 Å². The van der Waals surface area contributed by atoms with E-state index in [0.717, 1.165) is 28.7 Å². The Labute approximate surface area is 113 Å². The molecule has 2 nitrogen and oxygen atoms in total. The number of ether oxygens (including phenoxy) is 1. The van der Waals surface area contributed by atoms with Crippen LogP contribution in [0.15, 0.2) is 54.6 Å². The largest absolute Gasteiger partial charge is 0.488 e. The molecule has 96 valence electrons. The molecule has 0 heterocycles. The van der Waals surface area contributed by atoms with Crippen LogP contribution in [-0.4, -0.2) is 6.29 Å². The van der Waals surface area contributed by atoms with Crippen molar-refractivity contribution in [1.82, 2.24) is 0 Å². The van der Waals surface area contributed by atoms with Gasteiger partial charge in [-0.15, -0.1) is 0 Å².